The number of benzene rings is 2. The van der Waals surface area contributed by atoms with Crippen molar-refractivity contribution in [3.8, 4) is 17.2 Å². The van der Waals surface area contributed by atoms with Crippen molar-refractivity contribution in [2.45, 2.75) is 18.9 Å². The predicted octanol–water partition coefficient (Wildman–Crippen LogP) is 3.26. The number of aldehydes is 1. The molecule has 0 bridgehead atoms. The third-order valence-electron chi connectivity index (χ3n) is 4.36. The number of phenols is 1. The number of hydrogen-bond acceptors (Lipinski definition) is 5. The minimum absolute atomic E-state index is 0.0597. The summed E-state index contributed by atoms with van der Waals surface area (Å²) in [6.45, 7) is 1.39. The van der Waals surface area contributed by atoms with Crippen molar-refractivity contribution >= 4 is 12.0 Å². The first-order valence-corrected chi connectivity index (χ1v) is 8.04. The Bertz CT molecular complexity index is 716. The zero-order valence-electron chi connectivity index (χ0n) is 13.6. The molecule has 1 aliphatic heterocycles. The third kappa shape index (κ3) is 3.15. The standard InChI is InChI=1S/C19H21NO4/c1-23-19-9-3-2-7-16(19)20-11-5-6-14(20)13-24-18-10-4-8-17(22)15(18)12-21/h2-4,7-10,12,14,22H,5-6,11,13H2,1H3. The molecule has 5 heteroatoms. The molecule has 1 heterocycles. The van der Waals surface area contributed by atoms with E-state index in [4.69, 9.17) is 9.47 Å². The molecule has 0 saturated carbocycles. The molecule has 2 aromatic rings. The van der Waals surface area contributed by atoms with Gasteiger partial charge in [-0.2, -0.15) is 0 Å². The first kappa shape index (κ1) is 16.2. The highest BCUT2D eigenvalue weighted by Crippen LogP contribution is 2.34. The molecule has 1 saturated heterocycles. The van der Waals surface area contributed by atoms with Crippen molar-refractivity contribution in [1.82, 2.24) is 0 Å². The van der Waals surface area contributed by atoms with Crippen molar-refractivity contribution < 1.29 is 19.4 Å². The summed E-state index contributed by atoms with van der Waals surface area (Å²) in [5.41, 5.74) is 1.25. The van der Waals surface area contributed by atoms with Crippen LogP contribution in [0, 0.1) is 0 Å². The van der Waals surface area contributed by atoms with Crippen LogP contribution in [0.4, 0.5) is 5.69 Å². The lowest BCUT2D eigenvalue weighted by Crippen LogP contribution is -2.34. The number of nitrogens with zero attached hydrogens (tertiary/aromatic N) is 1. The van der Waals surface area contributed by atoms with E-state index in [0.29, 0.717) is 18.6 Å². The number of ether oxygens (including phenoxy) is 2. The van der Waals surface area contributed by atoms with Crippen LogP contribution in [0.3, 0.4) is 0 Å². The maximum Gasteiger partial charge on any atom is 0.157 e. The topological polar surface area (TPSA) is 59.0 Å². The lowest BCUT2D eigenvalue weighted by atomic mass is 10.2. The maximum atomic E-state index is 11.1. The first-order valence-electron chi connectivity index (χ1n) is 8.04. The van der Waals surface area contributed by atoms with Gasteiger partial charge in [-0.3, -0.25) is 4.79 Å². The van der Waals surface area contributed by atoms with Crippen LogP contribution < -0.4 is 14.4 Å². The number of para-hydroxylation sites is 2. The van der Waals surface area contributed by atoms with E-state index >= 15 is 0 Å². The number of aromatic hydroxyl groups is 1. The van der Waals surface area contributed by atoms with Crippen LogP contribution in [0.1, 0.15) is 23.2 Å². The summed E-state index contributed by atoms with van der Waals surface area (Å²) in [4.78, 5) is 13.4. The Morgan fingerprint density at radius 1 is 1.21 bits per heavy atom. The molecule has 5 nitrogen and oxygen atoms in total. The highest BCUT2D eigenvalue weighted by Gasteiger charge is 2.27. The Kier molecular flexibility index (Phi) is 4.89. The van der Waals surface area contributed by atoms with Gasteiger partial charge in [-0.05, 0) is 37.1 Å². The van der Waals surface area contributed by atoms with E-state index in [9.17, 15) is 9.90 Å². The molecular weight excluding hydrogens is 306 g/mol. The van der Waals surface area contributed by atoms with Crippen LogP contribution in [-0.4, -0.2) is 37.7 Å². The maximum absolute atomic E-state index is 11.1. The number of anilines is 1. The molecule has 0 amide bonds. The number of carbonyl (C=O) groups is 1. The van der Waals surface area contributed by atoms with Crippen LogP contribution in [-0.2, 0) is 0 Å². The molecule has 126 valence electrons. The normalized spacial score (nSPS) is 16.9. The van der Waals surface area contributed by atoms with Crippen LogP contribution in [0.2, 0.25) is 0 Å². The summed E-state index contributed by atoms with van der Waals surface area (Å²) in [5.74, 6) is 1.20. The van der Waals surface area contributed by atoms with Crippen molar-refractivity contribution in [3.63, 3.8) is 0 Å². The van der Waals surface area contributed by atoms with Crippen molar-refractivity contribution in [2.75, 3.05) is 25.2 Å². The molecule has 1 aliphatic rings. The Morgan fingerprint density at radius 3 is 2.79 bits per heavy atom. The molecule has 3 rings (SSSR count). The summed E-state index contributed by atoms with van der Waals surface area (Å²) in [5, 5.41) is 9.74. The van der Waals surface area contributed by atoms with E-state index in [2.05, 4.69) is 4.90 Å². The average Bonchev–Trinajstić information content (AvgIpc) is 3.08. The van der Waals surface area contributed by atoms with E-state index in [1.807, 2.05) is 24.3 Å². The monoisotopic (exact) mass is 327 g/mol. The second-order valence-electron chi connectivity index (χ2n) is 5.78. The van der Waals surface area contributed by atoms with Crippen LogP contribution >= 0.6 is 0 Å². The van der Waals surface area contributed by atoms with Gasteiger partial charge in [-0.15, -0.1) is 0 Å². The van der Waals surface area contributed by atoms with Gasteiger partial charge in [0, 0.05) is 6.54 Å². The Labute approximate surface area is 141 Å². The molecule has 2 aromatic carbocycles. The Morgan fingerprint density at radius 2 is 2.00 bits per heavy atom. The first-order chi connectivity index (χ1) is 11.7. The third-order valence-corrected chi connectivity index (χ3v) is 4.36. The average molecular weight is 327 g/mol. The van der Waals surface area contributed by atoms with Gasteiger partial charge in [0.2, 0.25) is 0 Å². The fourth-order valence-electron chi connectivity index (χ4n) is 3.16. The summed E-state index contributed by atoms with van der Waals surface area (Å²) in [7, 11) is 1.67. The number of rotatable bonds is 6. The van der Waals surface area contributed by atoms with Crippen LogP contribution in [0.15, 0.2) is 42.5 Å². The molecule has 1 unspecified atom stereocenters. The molecule has 1 atom stereocenters. The molecule has 1 fully saturated rings. The molecule has 0 spiro atoms. The van der Waals surface area contributed by atoms with Crippen LogP contribution in [0.25, 0.3) is 0 Å². The zero-order valence-corrected chi connectivity index (χ0v) is 13.6. The van der Waals surface area contributed by atoms with Gasteiger partial charge in [0.25, 0.3) is 0 Å². The Balaban J connectivity index is 1.75. The summed E-state index contributed by atoms with van der Waals surface area (Å²) >= 11 is 0. The lowest BCUT2D eigenvalue weighted by molar-refractivity contribution is 0.111. The number of phenolic OH excluding ortho intramolecular Hbond substituents is 1. The lowest BCUT2D eigenvalue weighted by Gasteiger charge is -2.28. The number of carbonyl (C=O) groups excluding carboxylic acids is 1. The van der Waals surface area contributed by atoms with Crippen molar-refractivity contribution in [1.29, 1.82) is 0 Å². The fourth-order valence-corrected chi connectivity index (χ4v) is 3.16. The number of hydrogen-bond donors (Lipinski definition) is 1. The fraction of sp³-hybridized carbons (Fsp3) is 0.316. The summed E-state index contributed by atoms with van der Waals surface area (Å²) in [6.07, 6.45) is 2.71. The highest BCUT2D eigenvalue weighted by atomic mass is 16.5. The Hall–Kier alpha value is -2.69. The van der Waals surface area contributed by atoms with Crippen LogP contribution in [0.5, 0.6) is 17.2 Å². The van der Waals surface area contributed by atoms with E-state index in [1.54, 1.807) is 19.2 Å². The van der Waals surface area contributed by atoms with Gasteiger partial charge < -0.3 is 19.5 Å². The second kappa shape index (κ2) is 7.25. The molecule has 0 radical (unpaired) electrons. The molecule has 0 aliphatic carbocycles. The van der Waals surface area contributed by atoms with E-state index in [1.165, 1.54) is 6.07 Å². The second-order valence-corrected chi connectivity index (χ2v) is 5.78. The zero-order chi connectivity index (χ0) is 16.9. The summed E-state index contributed by atoms with van der Waals surface area (Å²) in [6, 6.07) is 13.0. The largest absolute Gasteiger partial charge is 0.507 e. The van der Waals surface area contributed by atoms with Crippen molar-refractivity contribution in [2.24, 2.45) is 0 Å². The smallest absolute Gasteiger partial charge is 0.157 e. The van der Waals surface area contributed by atoms with E-state index in [0.717, 1.165) is 30.8 Å². The van der Waals surface area contributed by atoms with Crippen molar-refractivity contribution in [3.05, 3.63) is 48.0 Å². The number of methoxy groups -OCH3 is 1. The molecule has 0 aromatic heterocycles. The SMILES string of the molecule is COc1ccccc1N1CCCC1COc1cccc(O)c1C=O. The predicted molar refractivity (Wildman–Crippen MR) is 92.4 cm³/mol. The van der Waals surface area contributed by atoms with E-state index < -0.39 is 0 Å². The minimum Gasteiger partial charge on any atom is -0.507 e. The van der Waals surface area contributed by atoms with Gasteiger partial charge in [0.1, 0.15) is 23.9 Å². The van der Waals surface area contributed by atoms with Gasteiger partial charge in [0.05, 0.1) is 24.4 Å². The molecular formula is C19H21NO4. The summed E-state index contributed by atoms with van der Waals surface area (Å²) < 4.78 is 11.3. The van der Waals surface area contributed by atoms with Gasteiger partial charge in [-0.25, -0.2) is 0 Å². The van der Waals surface area contributed by atoms with Gasteiger partial charge in [0.15, 0.2) is 6.29 Å². The van der Waals surface area contributed by atoms with E-state index in [-0.39, 0.29) is 17.4 Å². The molecule has 1 N–H and O–H groups in total. The van der Waals surface area contributed by atoms with Gasteiger partial charge >= 0.3 is 0 Å². The quantitative estimate of drug-likeness (QED) is 0.825. The van der Waals surface area contributed by atoms with Gasteiger partial charge in [-0.1, -0.05) is 18.2 Å². The minimum atomic E-state index is -0.0597. The highest BCUT2D eigenvalue weighted by molar-refractivity contribution is 5.83. The molecule has 24 heavy (non-hydrogen) atoms.